The van der Waals surface area contributed by atoms with Gasteiger partial charge < -0.3 is 10.0 Å². The molecular weight excluding hydrogens is 154 g/mol. The van der Waals surface area contributed by atoms with Gasteiger partial charge in [-0.25, -0.2) is 0 Å². The molecule has 0 aromatic rings. The van der Waals surface area contributed by atoms with Gasteiger partial charge in [-0.15, -0.1) is 0 Å². The van der Waals surface area contributed by atoms with Crippen molar-refractivity contribution in [2.45, 2.75) is 38.6 Å². The maximum absolute atomic E-state index is 11.4. The Morgan fingerprint density at radius 2 is 2.42 bits per heavy atom. The van der Waals surface area contributed by atoms with E-state index < -0.39 is 0 Å². The Kier molecular flexibility index (Phi) is 3.53. The van der Waals surface area contributed by atoms with Crippen LogP contribution in [-0.4, -0.2) is 35.1 Å². The maximum Gasteiger partial charge on any atom is 0.222 e. The van der Waals surface area contributed by atoms with Crippen LogP contribution in [0.1, 0.15) is 32.6 Å². The van der Waals surface area contributed by atoms with E-state index in [1.807, 2.05) is 4.90 Å². The fraction of sp³-hybridized carbons (Fsp3) is 0.889. The molecule has 1 rings (SSSR count). The Morgan fingerprint density at radius 3 is 2.92 bits per heavy atom. The molecule has 1 fully saturated rings. The molecule has 0 bridgehead atoms. The molecule has 0 aromatic carbocycles. The van der Waals surface area contributed by atoms with Gasteiger partial charge in [-0.05, 0) is 26.2 Å². The minimum absolute atomic E-state index is 0.119. The van der Waals surface area contributed by atoms with Crippen LogP contribution in [0.2, 0.25) is 0 Å². The van der Waals surface area contributed by atoms with E-state index in [9.17, 15) is 4.79 Å². The number of amides is 1. The van der Waals surface area contributed by atoms with E-state index in [-0.39, 0.29) is 12.5 Å². The highest BCUT2D eigenvalue weighted by Crippen LogP contribution is 2.17. The summed E-state index contributed by atoms with van der Waals surface area (Å²) < 4.78 is 0. The van der Waals surface area contributed by atoms with E-state index in [1.54, 1.807) is 0 Å². The molecule has 0 spiro atoms. The summed E-state index contributed by atoms with van der Waals surface area (Å²) in [6, 6.07) is 0.413. The summed E-state index contributed by atoms with van der Waals surface area (Å²) in [6.07, 6.45) is 3.36. The van der Waals surface area contributed by atoms with Crippen LogP contribution in [0, 0.1) is 0 Å². The predicted molar refractivity (Wildman–Crippen MR) is 46.7 cm³/mol. The van der Waals surface area contributed by atoms with Crippen LogP contribution in [0.15, 0.2) is 0 Å². The van der Waals surface area contributed by atoms with Crippen LogP contribution in [0.5, 0.6) is 0 Å². The van der Waals surface area contributed by atoms with Crippen molar-refractivity contribution >= 4 is 5.91 Å². The molecule has 0 radical (unpaired) electrons. The monoisotopic (exact) mass is 171 g/mol. The molecule has 1 aliphatic rings. The Labute approximate surface area is 73.4 Å². The van der Waals surface area contributed by atoms with Gasteiger partial charge in [0.15, 0.2) is 0 Å². The average molecular weight is 171 g/mol. The lowest BCUT2D eigenvalue weighted by Gasteiger charge is -2.20. The average Bonchev–Trinajstić information content (AvgIpc) is 2.47. The lowest BCUT2D eigenvalue weighted by Crippen LogP contribution is -2.33. The number of nitrogens with zero attached hydrogens (tertiary/aromatic N) is 1. The van der Waals surface area contributed by atoms with Gasteiger partial charge in [0, 0.05) is 25.6 Å². The molecule has 1 unspecified atom stereocenters. The standard InChI is InChI=1S/C9H17NO2/c1-8-4-2-6-10(8)9(12)5-3-7-11/h8,11H,2-7H2,1H3. The maximum atomic E-state index is 11.4. The summed E-state index contributed by atoms with van der Waals surface area (Å²) in [5.74, 6) is 0.203. The molecule has 1 saturated heterocycles. The molecule has 70 valence electrons. The number of likely N-dealkylation sites (tertiary alicyclic amines) is 1. The van der Waals surface area contributed by atoms with Crippen molar-refractivity contribution in [3.8, 4) is 0 Å². The third-order valence-corrected chi connectivity index (χ3v) is 2.42. The Morgan fingerprint density at radius 1 is 1.67 bits per heavy atom. The highest BCUT2D eigenvalue weighted by atomic mass is 16.3. The lowest BCUT2D eigenvalue weighted by atomic mass is 10.2. The second-order valence-electron chi connectivity index (χ2n) is 3.41. The third-order valence-electron chi connectivity index (χ3n) is 2.42. The van der Waals surface area contributed by atoms with Gasteiger partial charge in [0.2, 0.25) is 5.91 Å². The number of hydrogen-bond acceptors (Lipinski definition) is 2. The fourth-order valence-electron chi connectivity index (χ4n) is 1.68. The molecule has 1 heterocycles. The molecule has 1 aliphatic heterocycles. The van der Waals surface area contributed by atoms with Crippen molar-refractivity contribution < 1.29 is 9.90 Å². The number of hydrogen-bond donors (Lipinski definition) is 1. The zero-order valence-electron chi connectivity index (χ0n) is 7.62. The van der Waals surface area contributed by atoms with Crippen molar-refractivity contribution in [2.24, 2.45) is 0 Å². The van der Waals surface area contributed by atoms with Crippen molar-refractivity contribution in [3.63, 3.8) is 0 Å². The van der Waals surface area contributed by atoms with Crippen LogP contribution in [0.4, 0.5) is 0 Å². The third kappa shape index (κ3) is 2.21. The van der Waals surface area contributed by atoms with E-state index in [0.717, 1.165) is 19.4 Å². The summed E-state index contributed by atoms with van der Waals surface area (Å²) >= 11 is 0. The van der Waals surface area contributed by atoms with Crippen LogP contribution >= 0.6 is 0 Å². The predicted octanol–water partition coefficient (Wildman–Crippen LogP) is 0.770. The summed E-state index contributed by atoms with van der Waals surface area (Å²) in [7, 11) is 0. The summed E-state index contributed by atoms with van der Waals surface area (Å²) in [5, 5.41) is 8.55. The first kappa shape index (κ1) is 9.52. The molecule has 1 atom stereocenters. The molecule has 0 aromatic heterocycles. The molecule has 3 heteroatoms. The van der Waals surface area contributed by atoms with Crippen LogP contribution < -0.4 is 0 Å². The van der Waals surface area contributed by atoms with E-state index in [1.165, 1.54) is 0 Å². The van der Waals surface area contributed by atoms with Gasteiger partial charge in [0.1, 0.15) is 0 Å². The van der Waals surface area contributed by atoms with Gasteiger partial charge >= 0.3 is 0 Å². The van der Waals surface area contributed by atoms with Gasteiger partial charge in [-0.3, -0.25) is 4.79 Å². The number of aliphatic hydroxyl groups is 1. The minimum atomic E-state index is 0.119. The quantitative estimate of drug-likeness (QED) is 0.681. The van der Waals surface area contributed by atoms with E-state index in [2.05, 4.69) is 6.92 Å². The Hall–Kier alpha value is -0.570. The molecule has 0 aliphatic carbocycles. The Bertz CT molecular complexity index is 159. The normalized spacial score (nSPS) is 23.2. The minimum Gasteiger partial charge on any atom is -0.396 e. The van der Waals surface area contributed by atoms with Crippen molar-refractivity contribution in [2.75, 3.05) is 13.2 Å². The van der Waals surface area contributed by atoms with E-state index in [0.29, 0.717) is 18.9 Å². The topological polar surface area (TPSA) is 40.5 Å². The number of carbonyl (C=O) groups excluding carboxylic acids is 1. The fourth-order valence-corrected chi connectivity index (χ4v) is 1.68. The first-order valence-electron chi connectivity index (χ1n) is 4.66. The van der Waals surface area contributed by atoms with E-state index in [4.69, 9.17) is 5.11 Å². The second-order valence-corrected chi connectivity index (χ2v) is 3.41. The van der Waals surface area contributed by atoms with Gasteiger partial charge in [0.05, 0.1) is 0 Å². The molecule has 0 saturated carbocycles. The van der Waals surface area contributed by atoms with E-state index >= 15 is 0 Å². The van der Waals surface area contributed by atoms with Crippen LogP contribution in [0.3, 0.4) is 0 Å². The smallest absolute Gasteiger partial charge is 0.222 e. The highest BCUT2D eigenvalue weighted by Gasteiger charge is 2.23. The molecular formula is C9H17NO2. The largest absolute Gasteiger partial charge is 0.396 e. The molecule has 1 amide bonds. The first-order chi connectivity index (χ1) is 5.75. The highest BCUT2D eigenvalue weighted by molar-refractivity contribution is 5.76. The van der Waals surface area contributed by atoms with Gasteiger partial charge in [-0.1, -0.05) is 0 Å². The SMILES string of the molecule is CC1CCCN1C(=O)CCCO. The number of carbonyl (C=O) groups is 1. The van der Waals surface area contributed by atoms with Crippen molar-refractivity contribution in [1.29, 1.82) is 0 Å². The summed E-state index contributed by atoms with van der Waals surface area (Å²) in [6.45, 7) is 3.11. The van der Waals surface area contributed by atoms with Crippen molar-refractivity contribution in [3.05, 3.63) is 0 Å². The Balaban J connectivity index is 2.30. The van der Waals surface area contributed by atoms with Gasteiger partial charge in [-0.2, -0.15) is 0 Å². The molecule has 1 N–H and O–H groups in total. The van der Waals surface area contributed by atoms with Crippen molar-refractivity contribution in [1.82, 2.24) is 4.90 Å². The molecule has 12 heavy (non-hydrogen) atoms. The first-order valence-corrected chi connectivity index (χ1v) is 4.66. The second kappa shape index (κ2) is 4.45. The van der Waals surface area contributed by atoms with Gasteiger partial charge in [0.25, 0.3) is 0 Å². The lowest BCUT2D eigenvalue weighted by molar-refractivity contribution is -0.131. The summed E-state index contributed by atoms with van der Waals surface area (Å²) in [5.41, 5.74) is 0. The molecule has 3 nitrogen and oxygen atoms in total. The summed E-state index contributed by atoms with van der Waals surface area (Å²) in [4.78, 5) is 13.4. The van der Waals surface area contributed by atoms with Crippen LogP contribution in [-0.2, 0) is 4.79 Å². The van der Waals surface area contributed by atoms with Crippen LogP contribution in [0.25, 0.3) is 0 Å². The zero-order valence-corrected chi connectivity index (χ0v) is 7.62. The number of aliphatic hydroxyl groups excluding tert-OH is 1. The zero-order chi connectivity index (χ0) is 8.97. The number of rotatable bonds is 3.